The van der Waals surface area contributed by atoms with Gasteiger partial charge in [-0.2, -0.15) is 0 Å². The summed E-state index contributed by atoms with van der Waals surface area (Å²) in [6.45, 7) is 1.73. The van der Waals surface area contributed by atoms with Gasteiger partial charge >= 0.3 is 0 Å². The Kier molecular flexibility index (Phi) is 4.48. The minimum atomic E-state index is -0.541. The van der Waals surface area contributed by atoms with Crippen LogP contribution in [0.2, 0.25) is 0 Å². The van der Waals surface area contributed by atoms with Crippen LogP contribution >= 0.6 is 27.5 Å². The number of methoxy groups -OCH3 is 1. The maximum atomic E-state index is 14.1. The molecule has 0 radical (unpaired) electrons. The van der Waals surface area contributed by atoms with E-state index in [9.17, 15) is 4.39 Å². The van der Waals surface area contributed by atoms with Crippen LogP contribution in [0.5, 0.6) is 5.75 Å². The quantitative estimate of drug-likeness (QED) is 0.693. The second-order valence-corrected chi connectivity index (χ2v) is 5.52. The maximum absolute atomic E-state index is 14.1. The molecule has 4 heteroatoms. The normalized spacial score (nSPS) is 12.3. The van der Waals surface area contributed by atoms with Crippen molar-refractivity contribution in [2.75, 3.05) is 7.11 Å². The van der Waals surface area contributed by atoms with Gasteiger partial charge in [-0.15, -0.1) is 11.6 Å². The molecule has 0 aromatic heterocycles. The van der Waals surface area contributed by atoms with E-state index < -0.39 is 5.38 Å². The second kappa shape index (κ2) is 5.93. The second-order valence-electron chi connectivity index (χ2n) is 4.23. The summed E-state index contributed by atoms with van der Waals surface area (Å²) < 4.78 is 20.0. The molecule has 1 nitrogen and oxygen atoms in total. The molecule has 0 aliphatic carbocycles. The Bertz CT molecular complexity index is 601. The molecule has 0 bridgehead atoms. The number of ether oxygens (including phenoxy) is 1. The summed E-state index contributed by atoms with van der Waals surface area (Å²) in [6, 6.07) is 10.7. The first kappa shape index (κ1) is 14.4. The van der Waals surface area contributed by atoms with Crippen molar-refractivity contribution >= 4 is 27.5 Å². The summed E-state index contributed by atoms with van der Waals surface area (Å²) in [6.07, 6.45) is 0. The van der Waals surface area contributed by atoms with E-state index in [0.717, 1.165) is 15.8 Å². The fourth-order valence-corrected chi connectivity index (χ4v) is 2.95. The Morgan fingerprint density at radius 3 is 2.58 bits per heavy atom. The van der Waals surface area contributed by atoms with E-state index in [4.69, 9.17) is 16.3 Å². The summed E-state index contributed by atoms with van der Waals surface area (Å²) >= 11 is 9.84. The predicted octanol–water partition coefficient (Wildman–Crippen LogP) is 5.23. The molecule has 2 aromatic carbocycles. The number of benzene rings is 2. The zero-order valence-corrected chi connectivity index (χ0v) is 12.9. The third-order valence-electron chi connectivity index (χ3n) is 2.98. The Labute approximate surface area is 125 Å². The topological polar surface area (TPSA) is 9.23 Å². The largest absolute Gasteiger partial charge is 0.497 e. The summed E-state index contributed by atoms with van der Waals surface area (Å²) in [7, 11) is 1.60. The van der Waals surface area contributed by atoms with Crippen LogP contribution in [0.25, 0.3) is 0 Å². The van der Waals surface area contributed by atoms with E-state index in [2.05, 4.69) is 15.9 Å². The number of rotatable bonds is 3. The molecule has 0 heterocycles. The summed E-state index contributed by atoms with van der Waals surface area (Å²) in [5.41, 5.74) is 1.88. The summed E-state index contributed by atoms with van der Waals surface area (Å²) in [5, 5.41) is -0.541. The highest BCUT2D eigenvalue weighted by Gasteiger charge is 2.18. The maximum Gasteiger partial charge on any atom is 0.131 e. The monoisotopic (exact) mass is 342 g/mol. The minimum absolute atomic E-state index is 0.259. The van der Waals surface area contributed by atoms with E-state index in [1.54, 1.807) is 32.2 Å². The van der Waals surface area contributed by atoms with Crippen LogP contribution in [0.4, 0.5) is 4.39 Å². The lowest BCUT2D eigenvalue weighted by Crippen LogP contribution is -2.00. The predicted molar refractivity (Wildman–Crippen MR) is 79.5 cm³/mol. The lowest BCUT2D eigenvalue weighted by molar-refractivity contribution is 0.414. The van der Waals surface area contributed by atoms with Gasteiger partial charge in [-0.05, 0) is 30.2 Å². The van der Waals surface area contributed by atoms with Crippen LogP contribution in [-0.2, 0) is 0 Å². The van der Waals surface area contributed by atoms with Crippen LogP contribution in [0.3, 0.4) is 0 Å². The lowest BCUT2D eigenvalue weighted by Gasteiger charge is -2.15. The molecule has 0 aliphatic heterocycles. The summed E-state index contributed by atoms with van der Waals surface area (Å²) in [5.74, 6) is 0.467. The van der Waals surface area contributed by atoms with Gasteiger partial charge in [0.15, 0.2) is 0 Å². The average molecular weight is 344 g/mol. The number of aryl methyl sites for hydroxylation is 1. The number of hydrogen-bond donors (Lipinski definition) is 0. The Morgan fingerprint density at radius 1 is 1.21 bits per heavy atom. The number of alkyl halides is 1. The van der Waals surface area contributed by atoms with Crippen molar-refractivity contribution in [3.05, 3.63) is 63.4 Å². The van der Waals surface area contributed by atoms with Crippen LogP contribution in [0.1, 0.15) is 22.1 Å². The highest BCUT2D eigenvalue weighted by atomic mass is 79.9. The Balaban J connectivity index is 2.44. The van der Waals surface area contributed by atoms with Crippen molar-refractivity contribution in [2.45, 2.75) is 12.3 Å². The molecule has 2 aromatic rings. The van der Waals surface area contributed by atoms with Gasteiger partial charge in [0, 0.05) is 10.0 Å². The standard InChI is InChI=1S/C15H13BrClFO/c1-9-4-3-5-12(15(9)18)14(17)11-7-6-10(19-2)8-13(11)16/h3-8,14H,1-2H3. The molecule has 0 saturated heterocycles. The van der Waals surface area contributed by atoms with E-state index in [1.807, 2.05) is 18.2 Å². The fraction of sp³-hybridized carbons (Fsp3) is 0.200. The molecule has 1 atom stereocenters. The van der Waals surface area contributed by atoms with Crippen LogP contribution in [-0.4, -0.2) is 7.11 Å². The molecule has 0 spiro atoms. The van der Waals surface area contributed by atoms with Gasteiger partial charge in [-0.3, -0.25) is 0 Å². The van der Waals surface area contributed by atoms with Gasteiger partial charge in [-0.25, -0.2) is 4.39 Å². The first-order chi connectivity index (χ1) is 9.04. The van der Waals surface area contributed by atoms with E-state index in [-0.39, 0.29) is 5.82 Å². The molecule has 1 unspecified atom stereocenters. The molecule has 0 saturated carbocycles. The van der Waals surface area contributed by atoms with Crippen molar-refractivity contribution in [1.29, 1.82) is 0 Å². The van der Waals surface area contributed by atoms with Crippen molar-refractivity contribution in [2.24, 2.45) is 0 Å². The average Bonchev–Trinajstić information content (AvgIpc) is 2.41. The molecule has 0 amide bonds. The fourth-order valence-electron chi connectivity index (χ4n) is 1.87. The number of halogens is 3. The number of hydrogen-bond acceptors (Lipinski definition) is 1. The smallest absolute Gasteiger partial charge is 0.131 e. The zero-order valence-electron chi connectivity index (χ0n) is 10.6. The van der Waals surface area contributed by atoms with Crippen LogP contribution < -0.4 is 4.74 Å². The van der Waals surface area contributed by atoms with Crippen molar-refractivity contribution < 1.29 is 9.13 Å². The van der Waals surface area contributed by atoms with Gasteiger partial charge in [0.25, 0.3) is 0 Å². The highest BCUT2D eigenvalue weighted by Crippen LogP contribution is 2.37. The van der Waals surface area contributed by atoms with Crippen LogP contribution in [0, 0.1) is 12.7 Å². The SMILES string of the molecule is COc1ccc(C(Cl)c2cccc(C)c2F)c(Br)c1. The van der Waals surface area contributed by atoms with Gasteiger partial charge in [0.1, 0.15) is 11.6 Å². The molecule has 100 valence electrons. The van der Waals surface area contributed by atoms with Crippen molar-refractivity contribution in [3.8, 4) is 5.75 Å². The Hall–Kier alpha value is -1.06. The molecule has 0 fully saturated rings. The van der Waals surface area contributed by atoms with E-state index in [0.29, 0.717) is 11.1 Å². The van der Waals surface area contributed by atoms with E-state index >= 15 is 0 Å². The van der Waals surface area contributed by atoms with Crippen molar-refractivity contribution in [3.63, 3.8) is 0 Å². The third kappa shape index (κ3) is 2.93. The van der Waals surface area contributed by atoms with E-state index in [1.165, 1.54) is 0 Å². The molecule has 0 aliphatic rings. The minimum Gasteiger partial charge on any atom is -0.497 e. The van der Waals surface area contributed by atoms with Gasteiger partial charge in [-0.1, -0.05) is 40.2 Å². The highest BCUT2D eigenvalue weighted by molar-refractivity contribution is 9.10. The zero-order chi connectivity index (χ0) is 14.0. The van der Waals surface area contributed by atoms with Crippen LogP contribution in [0.15, 0.2) is 40.9 Å². The molecular formula is C15H13BrClFO. The molecular weight excluding hydrogens is 331 g/mol. The van der Waals surface area contributed by atoms with Gasteiger partial charge < -0.3 is 4.74 Å². The molecule has 0 N–H and O–H groups in total. The summed E-state index contributed by atoms with van der Waals surface area (Å²) in [4.78, 5) is 0. The molecule has 19 heavy (non-hydrogen) atoms. The third-order valence-corrected chi connectivity index (χ3v) is 4.13. The first-order valence-corrected chi connectivity index (χ1v) is 7.00. The first-order valence-electron chi connectivity index (χ1n) is 5.77. The van der Waals surface area contributed by atoms with Gasteiger partial charge in [0.2, 0.25) is 0 Å². The van der Waals surface area contributed by atoms with Gasteiger partial charge in [0.05, 0.1) is 12.5 Å². The Morgan fingerprint density at radius 2 is 1.95 bits per heavy atom. The molecule has 2 rings (SSSR count). The van der Waals surface area contributed by atoms with Crippen molar-refractivity contribution in [1.82, 2.24) is 0 Å². The lowest BCUT2D eigenvalue weighted by atomic mass is 10.0.